The Labute approximate surface area is 203 Å². The van der Waals surface area contributed by atoms with Crippen LogP contribution in [0.4, 0.5) is 0 Å². The second-order valence-corrected chi connectivity index (χ2v) is 10.3. The summed E-state index contributed by atoms with van der Waals surface area (Å²) in [6.07, 6.45) is 9.31. The molecule has 8 heteroatoms. The number of carbonyl (C=O) groups excluding carboxylic acids is 1. The van der Waals surface area contributed by atoms with Crippen LogP contribution in [0.5, 0.6) is 0 Å². The Balaban J connectivity index is 1.27. The van der Waals surface area contributed by atoms with E-state index >= 15 is 0 Å². The number of aromatic nitrogens is 1. The van der Waals surface area contributed by atoms with E-state index in [1.165, 1.54) is 5.01 Å². The highest BCUT2D eigenvalue weighted by molar-refractivity contribution is 7.09. The number of amides is 1. The summed E-state index contributed by atoms with van der Waals surface area (Å²) in [5.74, 6) is 0.978. The molecule has 4 rings (SSSR count). The van der Waals surface area contributed by atoms with Gasteiger partial charge in [0, 0.05) is 42.7 Å². The summed E-state index contributed by atoms with van der Waals surface area (Å²) in [7, 11) is 0. The lowest BCUT2D eigenvalue weighted by atomic mass is 9.86. The fraction of sp³-hybridized carbons (Fsp3) is 0.500. The highest BCUT2D eigenvalue weighted by Crippen LogP contribution is 2.33. The van der Waals surface area contributed by atoms with Crippen LogP contribution in [0, 0.1) is 5.92 Å². The number of nitrogens with zero attached hydrogens (tertiary/aromatic N) is 3. The van der Waals surface area contributed by atoms with Crippen LogP contribution in [-0.4, -0.2) is 64.6 Å². The minimum atomic E-state index is 0.0133. The molecule has 1 aromatic heterocycles. The lowest BCUT2D eigenvalue weighted by Crippen LogP contribution is -2.50. The molecule has 0 radical (unpaired) electrons. The number of hydrogen-bond donors (Lipinski definition) is 1. The van der Waals surface area contributed by atoms with E-state index in [0.717, 1.165) is 57.4 Å². The van der Waals surface area contributed by atoms with Gasteiger partial charge in [-0.3, -0.25) is 9.69 Å². The number of rotatable bonds is 6. The number of piperidine rings is 2. The van der Waals surface area contributed by atoms with Crippen molar-refractivity contribution in [2.75, 3.05) is 32.8 Å². The summed E-state index contributed by atoms with van der Waals surface area (Å²) >= 11 is 13.7. The predicted molar refractivity (Wildman–Crippen MR) is 131 cm³/mol. The molecule has 2 saturated heterocycles. The zero-order valence-corrected chi connectivity index (χ0v) is 20.3. The van der Waals surface area contributed by atoms with Crippen molar-refractivity contribution in [3.8, 4) is 0 Å². The minimum Gasteiger partial charge on any atom is -0.395 e. The number of carbonyl (C=O) groups is 1. The normalized spacial score (nSPS) is 20.2. The van der Waals surface area contributed by atoms with Gasteiger partial charge in [0.1, 0.15) is 0 Å². The van der Waals surface area contributed by atoms with Crippen LogP contribution in [-0.2, 0) is 4.79 Å². The summed E-state index contributed by atoms with van der Waals surface area (Å²) in [5.41, 5.74) is 0.851. The Hall–Kier alpha value is -1.44. The Bertz CT molecular complexity index is 921. The van der Waals surface area contributed by atoms with Gasteiger partial charge in [-0.1, -0.05) is 29.3 Å². The molecule has 0 saturated carbocycles. The van der Waals surface area contributed by atoms with E-state index in [1.54, 1.807) is 35.6 Å². The summed E-state index contributed by atoms with van der Waals surface area (Å²) < 4.78 is 0. The quantitative estimate of drug-likeness (QED) is 0.578. The zero-order chi connectivity index (χ0) is 22.5. The van der Waals surface area contributed by atoms with Gasteiger partial charge < -0.3 is 10.0 Å². The van der Waals surface area contributed by atoms with Crippen molar-refractivity contribution in [3.63, 3.8) is 0 Å². The average molecular weight is 494 g/mol. The predicted octanol–water partition coefficient (Wildman–Crippen LogP) is 4.94. The largest absolute Gasteiger partial charge is 0.395 e. The number of thiazole rings is 1. The van der Waals surface area contributed by atoms with Crippen molar-refractivity contribution >= 4 is 46.5 Å². The van der Waals surface area contributed by atoms with E-state index < -0.39 is 0 Å². The molecule has 172 valence electrons. The van der Waals surface area contributed by atoms with Gasteiger partial charge in [-0.15, -0.1) is 11.3 Å². The minimum absolute atomic E-state index is 0.0133. The summed E-state index contributed by atoms with van der Waals surface area (Å²) in [6.45, 7) is 3.63. The summed E-state index contributed by atoms with van der Waals surface area (Å²) in [4.78, 5) is 21.5. The number of likely N-dealkylation sites (tertiary alicyclic amines) is 2. The lowest BCUT2D eigenvalue weighted by molar-refractivity contribution is -0.127. The van der Waals surface area contributed by atoms with Crippen LogP contribution in [0.2, 0.25) is 10.0 Å². The van der Waals surface area contributed by atoms with Gasteiger partial charge in [0.25, 0.3) is 0 Å². The molecule has 0 bridgehead atoms. The first-order valence-electron chi connectivity index (χ1n) is 11.2. The molecule has 5 nitrogen and oxygen atoms in total. The molecule has 1 aromatic carbocycles. The molecule has 1 unspecified atom stereocenters. The van der Waals surface area contributed by atoms with Gasteiger partial charge >= 0.3 is 0 Å². The zero-order valence-electron chi connectivity index (χ0n) is 18.0. The van der Waals surface area contributed by atoms with Crippen molar-refractivity contribution in [2.24, 2.45) is 5.92 Å². The van der Waals surface area contributed by atoms with E-state index in [4.69, 9.17) is 23.2 Å². The van der Waals surface area contributed by atoms with Crippen LogP contribution in [0.3, 0.4) is 0 Å². The van der Waals surface area contributed by atoms with Crippen LogP contribution in [0.15, 0.2) is 35.9 Å². The molecule has 0 aliphatic carbocycles. The second-order valence-electron chi connectivity index (χ2n) is 8.60. The lowest BCUT2D eigenvalue weighted by Gasteiger charge is -2.43. The number of hydrogen-bond acceptors (Lipinski definition) is 5. The number of aliphatic hydroxyl groups excluding tert-OH is 1. The fourth-order valence-electron chi connectivity index (χ4n) is 4.87. The number of aliphatic hydroxyl groups is 1. The average Bonchev–Trinajstić information content (AvgIpc) is 3.36. The third-order valence-corrected chi connectivity index (χ3v) is 8.42. The van der Waals surface area contributed by atoms with Crippen LogP contribution in [0.1, 0.15) is 42.2 Å². The number of halogens is 2. The van der Waals surface area contributed by atoms with Crippen LogP contribution >= 0.6 is 34.5 Å². The third kappa shape index (κ3) is 5.72. The van der Waals surface area contributed by atoms with Crippen molar-refractivity contribution in [3.05, 3.63) is 56.5 Å². The molecule has 1 amide bonds. The molecule has 1 atom stereocenters. The maximum atomic E-state index is 12.6. The summed E-state index contributed by atoms with van der Waals surface area (Å²) in [6, 6.07) is 5.50. The Morgan fingerprint density at radius 2 is 1.91 bits per heavy atom. The van der Waals surface area contributed by atoms with Gasteiger partial charge in [0.05, 0.1) is 21.7 Å². The Kier molecular flexibility index (Phi) is 8.24. The van der Waals surface area contributed by atoms with E-state index in [-0.39, 0.29) is 18.6 Å². The molecule has 2 aliphatic heterocycles. The number of benzene rings is 1. The molecule has 3 heterocycles. The van der Waals surface area contributed by atoms with Crippen LogP contribution < -0.4 is 0 Å². The fourth-order valence-corrected chi connectivity index (χ4v) is 5.99. The highest BCUT2D eigenvalue weighted by atomic mass is 35.5. The van der Waals surface area contributed by atoms with E-state index in [1.807, 2.05) is 22.5 Å². The van der Waals surface area contributed by atoms with Crippen molar-refractivity contribution in [1.82, 2.24) is 14.8 Å². The maximum Gasteiger partial charge on any atom is 0.246 e. The van der Waals surface area contributed by atoms with E-state index in [2.05, 4.69) is 9.88 Å². The third-order valence-electron chi connectivity index (χ3n) is 6.74. The first kappa shape index (κ1) is 23.7. The van der Waals surface area contributed by atoms with Gasteiger partial charge in [0.15, 0.2) is 0 Å². The molecule has 1 N–H and O–H groups in total. The van der Waals surface area contributed by atoms with Gasteiger partial charge in [0.2, 0.25) is 5.91 Å². The van der Waals surface area contributed by atoms with Gasteiger partial charge in [-0.05, 0) is 68.5 Å². The molecule has 2 aromatic rings. The topological polar surface area (TPSA) is 56.7 Å². The molecular weight excluding hydrogens is 465 g/mol. The molecular formula is C24H29Cl2N3O2S. The van der Waals surface area contributed by atoms with Crippen molar-refractivity contribution < 1.29 is 9.90 Å². The van der Waals surface area contributed by atoms with Crippen LogP contribution in [0.25, 0.3) is 6.08 Å². The first-order valence-corrected chi connectivity index (χ1v) is 12.8. The second kappa shape index (κ2) is 11.1. The molecule has 0 spiro atoms. The Morgan fingerprint density at radius 3 is 2.53 bits per heavy atom. The van der Waals surface area contributed by atoms with E-state index in [9.17, 15) is 9.90 Å². The highest BCUT2D eigenvalue weighted by Gasteiger charge is 2.33. The first-order chi connectivity index (χ1) is 15.5. The molecule has 2 fully saturated rings. The molecule has 32 heavy (non-hydrogen) atoms. The smallest absolute Gasteiger partial charge is 0.246 e. The monoisotopic (exact) mass is 493 g/mol. The summed E-state index contributed by atoms with van der Waals surface area (Å²) in [5, 5.41) is 14.4. The molecule has 2 aliphatic rings. The Morgan fingerprint density at radius 1 is 1.16 bits per heavy atom. The van der Waals surface area contributed by atoms with E-state index in [0.29, 0.717) is 21.9 Å². The SMILES string of the molecule is O=C(/C=C/c1ccc(Cl)c(Cl)c1)N1CCC(C(CO)N2CCC(c3nccs3)CC2)CC1. The van der Waals surface area contributed by atoms with Crippen molar-refractivity contribution in [1.29, 1.82) is 0 Å². The van der Waals surface area contributed by atoms with Crippen molar-refractivity contribution in [2.45, 2.75) is 37.6 Å². The standard InChI is InChI=1S/C24H29Cl2N3O2S/c25-20-3-1-17(15-21(20)26)2-4-23(31)29-12-5-18(6-13-29)22(16-30)28-10-7-19(8-11-28)24-27-9-14-32-24/h1-4,9,14-15,18-19,22,30H,5-8,10-13,16H2/b4-2+. The maximum absolute atomic E-state index is 12.6. The van der Waals surface area contributed by atoms with Gasteiger partial charge in [-0.25, -0.2) is 4.98 Å². The van der Waals surface area contributed by atoms with Gasteiger partial charge in [-0.2, -0.15) is 0 Å².